The quantitative estimate of drug-likeness (QED) is 0.675. The van der Waals surface area contributed by atoms with E-state index in [1.807, 2.05) is 21.6 Å². The first-order chi connectivity index (χ1) is 13.5. The van der Waals surface area contributed by atoms with E-state index < -0.39 is 0 Å². The van der Waals surface area contributed by atoms with Crippen molar-refractivity contribution in [2.45, 2.75) is 38.8 Å². The van der Waals surface area contributed by atoms with E-state index in [1.54, 1.807) is 6.07 Å². The molecule has 1 fully saturated rings. The molecule has 1 aliphatic heterocycles. The first-order valence-corrected chi connectivity index (χ1v) is 11.5. The minimum Gasteiger partial charge on any atom is -0.339 e. The number of piperidine rings is 1. The summed E-state index contributed by atoms with van der Waals surface area (Å²) in [5.74, 6) is 2.90. The van der Waals surface area contributed by atoms with Crippen LogP contribution in [0.3, 0.4) is 0 Å². The summed E-state index contributed by atoms with van der Waals surface area (Å²) in [5, 5.41) is 0.625. The lowest BCUT2D eigenvalue weighted by Gasteiger charge is -2.33. The molecule has 2 heterocycles. The fraction of sp³-hybridized carbons (Fsp3) is 0.450. The van der Waals surface area contributed by atoms with Crippen molar-refractivity contribution in [3.8, 4) is 12.3 Å². The molecule has 0 saturated carbocycles. The number of terminal acetylenes is 1. The van der Waals surface area contributed by atoms with E-state index in [0.717, 1.165) is 29.6 Å². The maximum absolute atomic E-state index is 12.4. The Morgan fingerprint density at radius 2 is 2.21 bits per heavy atom. The van der Waals surface area contributed by atoms with Crippen molar-refractivity contribution in [1.82, 2.24) is 9.47 Å². The number of nitrogens with zero attached hydrogens (tertiary/aromatic N) is 3. The molecule has 1 unspecified atom stereocenters. The Kier molecular flexibility index (Phi) is 7.22. The fourth-order valence-corrected chi connectivity index (χ4v) is 5.30. The van der Waals surface area contributed by atoms with Gasteiger partial charge in [0.1, 0.15) is 0 Å². The summed E-state index contributed by atoms with van der Waals surface area (Å²) in [6.07, 6.45) is 8.75. The summed E-state index contributed by atoms with van der Waals surface area (Å²) in [7, 11) is 0. The smallest absolute Gasteiger partial charge is 0.258 e. The van der Waals surface area contributed by atoms with Gasteiger partial charge < -0.3 is 9.47 Å². The molecular formula is C20H22ClN3O2S2. The van der Waals surface area contributed by atoms with Crippen LogP contribution in [0, 0.1) is 12.3 Å². The van der Waals surface area contributed by atoms with Crippen molar-refractivity contribution in [2.24, 2.45) is 4.99 Å². The molecule has 1 saturated heterocycles. The Morgan fingerprint density at radius 3 is 2.96 bits per heavy atom. The van der Waals surface area contributed by atoms with Gasteiger partial charge in [0.2, 0.25) is 5.91 Å². The van der Waals surface area contributed by atoms with Gasteiger partial charge in [-0.25, -0.2) is 0 Å². The second-order valence-corrected chi connectivity index (χ2v) is 9.15. The van der Waals surface area contributed by atoms with Gasteiger partial charge in [-0.05, 0) is 44.4 Å². The van der Waals surface area contributed by atoms with Crippen LogP contribution >= 0.6 is 34.7 Å². The van der Waals surface area contributed by atoms with E-state index in [9.17, 15) is 9.59 Å². The Balaban J connectivity index is 1.66. The van der Waals surface area contributed by atoms with E-state index in [2.05, 4.69) is 17.8 Å². The van der Waals surface area contributed by atoms with Gasteiger partial charge in [-0.15, -0.1) is 18.2 Å². The number of hydrogen-bond donors (Lipinski definition) is 0. The van der Waals surface area contributed by atoms with Gasteiger partial charge in [-0.3, -0.25) is 9.59 Å². The van der Waals surface area contributed by atoms with Crippen LogP contribution in [-0.4, -0.2) is 45.4 Å². The summed E-state index contributed by atoms with van der Waals surface area (Å²) >= 11 is 8.75. The molecule has 0 aliphatic carbocycles. The van der Waals surface area contributed by atoms with Crippen LogP contribution in [-0.2, 0) is 16.1 Å². The van der Waals surface area contributed by atoms with E-state index in [-0.39, 0.29) is 23.6 Å². The molecule has 28 heavy (non-hydrogen) atoms. The highest BCUT2D eigenvalue weighted by Crippen LogP contribution is 2.22. The van der Waals surface area contributed by atoms with Gasteiger partial charge in [-0.2, -0.15) is 4.99 Å². The lowest BCUT2D eigenvalue weighted by Crippen LogP contribution is -2.43. The van der Waals surface area contributed by atoms with Crippen LogP contribution in [0.2, 0.25) is 5.02 Å². The van der Waals surface area contributed by atoms with Gasteiger partial charge in [-0.1, -0.05) is 28.9 Å². The summed E-state index contributed by atoms with van der Waals surface area (Å²) < 4.78 is 2.76. The molecule has 0 radical (unpaired) electrons. The molecule has 5 nitrogen and oxygen atoms in total. The molecule has 0 N–H and O–H groups in total. The van der Waals surface area contributed by atoms with Crippen molar-refractivity contribution in [2.75, 3.05) is 18.1 Å². The van der Waals surface area contributed by atoms with Crippen LogP contribution in [0.5, 0.6) is 0 Å². The predicted octanol–water partition coefficient (Wildman–Crippen LogP) is 3.55. The van der Waals surface area contributed by atoms with Gasteiger partial charge in [0, 0.05) is 17.6 Å². The normalized spacial score (nSPS) is 17.7. The first-order valence-electron chi connectivity index (χ1n) is 9.16. The van der Waals surface area contributed by atoms with Crippen LogP contribution in [0.1, 0.15) is 26.2 Å². The highest BCUT2D eigenvalue weighted by molar-refractivity contribution is 8.00. The van der Waals surface area contributed by atoms with Crippen LogP contribution in [0.4, 0.5) is 0 Å². The van der Waals surface area contributed by atoms with Crippen LogP contribution in [0.15, 0.2) is 23.2 Å². The highest BCUT2D eigenvalue weighted by atomic mass is 35.5. The highest BCUT2D eigenvalue weighted by Gasteiger charge is 2.22. The molecule has 2 aromatic rings. The number of amides is 2. The number of carbonyl (C=O) groups excluding carboxylic acids is 2. The number of fused-ring (bicyclic) bond motifs is 1. The number of thioether (sulfide) groups is 1. The molecular weight excluding hydrogens is 414 g/mol. The van der Waals surface area contributed by atoms with Gasteiger partial charge in [0.15, 0.2) is 4.80 Å². The summed E-state index contributed by atoms with van der Waals surface area (Å²) in [5.41, 5.74) is 0.904. The summed E-state index contributed by atoms with van der Waals surface area (Å²) in [6, 6.07) is 5.79. The van der Waals surface area contributed by atoms with Crippen molar-refractivity contribution >= 4 is 56.7 Å². The molecule has 1 aromatic heterocycles. The van der Waals surface area contributed by atoms with Gasteiger partial charge in [0.05, 0.1) is 28.3 Å². The maximum Gasteiger partial charge on any atom is 0.258 e. The van der Waals surface area contributed by atoms with E-state index >= 15 is 0 Å². The van der Waals surface area contributed by atoms with E-state index in [0.29, 0.717) is 22.1 Å². The molecule has 1 aliphatic rings. The third kappa shape index (κ3) is 4.99. The lowest BCUT2D eigenvalue weighted by molar-refractivity contribution is -0.131. The zero-order chi connectivity index (χ0) is 20.1. The van der Waals surface area contributed by atoms with Crippen molar-refractivity contribution in [1.29, 1.82) is 0 Å². The largest absolute Gasteiger partial charge is 0.339 e. The molecule has 3 rings (SSSR count). The van der Waals surface area contributed by atoms with Gasteiger partial charge in [0.25, 0.3) is 5.91 Å². The Bertz CT molecular complexity index is 989. The Labute approximate surface area is 177 Å². The van der Waals surface area contributed by atoms with Gasteiger partial charge >= 0.3 is 0 Å². The SMILES string of the molecule is C#CCn1c(=NC(=O)CSCC(=O)N2CCCCC2C)sc2cc(Cl)ccc21. The number of carbonyl (C=O) groups is 2. The number of rotatable bonds is 5. The molecule has 8 heteroatoms. The van der Waals surface area contributed by atoms with Crippen LogP contribution < -0.4 is 4.80 Å². The minimum absolute atomic E-state index is 0.101. The van der Waals surface area contributed by atoms with E-state index in [1.165, 1.54) is 29.5 Å². The summed E-state index contributed by atoms with van der Waals surface area (Å²) in [4.78, 5) is 31.4. The standard InChI is InChI=1S/C20H22ClN3O2S2/c1-3-9-24-16-8-7-15(21)11-17(16)28-20(24)22-18(25)12-27-13-19(26)23-10-5-4-6-14(23)2/h1,7-8,11,14H,4-6,9-10,12-13H2,2H3. The maximum atomic E-state index is 12.4. The monoisotopic (exact) mass is 435 g/mol. The first kappa shape index (κ1) is 21.0. The molecule has 1 atom stereocenters. The Hall–Kier alpha value is -1.75. The average Bonchev–Trinajstić information content (AvgIpc) is 2.98. The minimum atomic E-state index is -0.270. The van der Waals surface area contributed by atoms with Crippen LogP contribution in [0.25, 0.3) is 10.2 Å². The average molecular weight is 436 g/mol. The number of halogens is 1. The topological polar surface area (TPSA) is 54.7 Å². The zero-order valence-electron chi connectivity index (χ0n) is 15.7. The predicted molar refractivity (Wildman–Crippen MR) is 117 cm³/mol. The second kappa shape index (κ2) is 9.64. The Morgan fingerprint density at radius 1 is 1.39 bits per heavy atom. The second-order valence-electron chi connectivity index (χ2n) is 6.72. The number of likely N-dealkylation sites (tertiary alicyclic amines) is 1. The van der Waals surface area contributed by atoms with Crippen molar-refractivity contribution in [3.05, 3.63) is 28.0 Å². The lowest BCUT2D eigenvalue weighted by atomic mass is 10.0. The van der Waals surface area contributed by atoms with Crippen molar-refractivity contribution in [3.63, 3.8) is 0 Å². The zero-order valence-corrected chi connectivity index (χ0v) is 18.1. The third-order valence-corrected chi connectivity index (χ3v) is 6.87. The number of thiazole rings is 1. The molecule has 148 valence electrons. The molecule has 0 spiro atoms. The third-order valence-electron chi connectivity index (χ3n) is 4.69. The number of aromatic nitrogens is 1. The fourth-order valence-electron chi connectivity index (χ4n) is 3.29. The number of benzene rings is 1. The molecule has 2 amide bonds. The van der Waals surface area contributed by atoms with E-state index in [4.69, 9.17) is 18.0 Å². The van der Waals surface area contributed by atoms with Crippen molar-refractivity contribution < 1.29 is 9.59 Å². The summed E-state index contributed by atoms with van der Waals surface area (Å²) in [6.45, 7) is 3.22. The molecule has 0 bridgehead atoms. The molecule has 1 aromatic carbocycles. The number of hydrogen-bond acceptors (Lipinski definition) is 4.